The van der Waals surface area contributed by atoms with Crippen LogP contribution in [0.4, 0.5) is 0 Å². The highest BCUT2D eigenvalue weighted by molar-refractivity contribution is 5.92. The zero-order chi connectivity index (χ0) is 16.1. The van der Waals surface area contributed by atoms with E-state index in [2.05, 4.69) is 10.6 Å². The maximum atomic E-state index is 12.4. The van der Waals surface area contributed by atoms with Crippen molar-refractivity contribution in [3.63, 3.8) is 0 Å². The fourth-order valence-corrected chi connectivity index (χ4v) is 2.60. The van der Waals surface area contributed by atoms with Gasteiger partial charge in [-0.25, -0.2) is 0 Å². The first-order chi connectivity index (χ1) is 9.65. The maximum absolute atomic E-state index is 12.4. The number of hydrogen-bond acceptors (Lipinski definition) is 4. The lowest BCUT2D eigenvalue weighted by Crippen LogP contribution is -2.60. The van der Waals surface area contributed by atoms with Crippen LogP contribution in [0.15, 0.2) is 0 Å². The number of nitrogens with one attached hydrogen (secondary N) is 2. The number of ether oxygens (including phenoxy) is 1. The molecule has 6 heteroatoms. The molecular formula is C15H26N2O4. The standard InChI is InChI=1S/C15H26N2O4/c1-11(18)17-15(8-6-5-7-9-15)13(20)16-10-12(19)21-14(2,3)4/h5-10H2,1-4H3,(H,16,20)(H,17,18). The van der Waals surface area contributed by atoms with Gasteiger partial charge in [-0.3, -0.25) is 14.4 Å². The Labute approximate surface area is 126 Å². The minimum Gasteiger partial charge on any atom is -0.459 e. The van der Waals surface area contributed by atoms with Crippen LogP contribution in [0.5, 0.6) is 0 Å². The van der Waals surface area contributed by atoms with E-state index in [0.717, 1.165) is 19.3 Å². The average molecular weight is 298 g/mol. The van der Waals surface area contributed by atoms with Gasteiger partial charge in [0.15, 0.2) is 0 Å². The van der Waals surface area contributed by atoms with Crippen molar-refractivity contribution in [2.24, 2.45) is 0 Å². The van der Waals surface area contributed by atoms with Crippen LogP contribution in [0.25, 0.3) is 0 Å². The van der Waals surface area contributed by atoms with Crippen LogP contribution in [-0.2, 0) is 19.1 Å². The summed E-state index contributed by atoms with van der Waals surface area (Å²) >= 11 is 0. The second-order valence-electron chi connectivity index (χ2n) is 6.59. The Morgan fingerprint density at radius 1 is 1.10 bits per heavy atom. The van der Waals surface area contributed by atoms with Crippen molar-refractivity contribution in [1.82, 2.24) is 10.6 Å². The van der Waals surface area contributed by atoms with Crippen LogP contribution >= 0.6 is 0 Å². The van der Waals surface area contributed by atoms with Crippen molar-refractivity contribution in [1.29, 1.82) is 0 Å². The molecule has 1 fully saturated rings. The summed E-state index contributed by atoms with van der Waals surface area (Å²) < 4.78 is 5.15. The maximum Gasteiger partial charge on any atom is 0.325 e. The molecular weight excluding hydrogens is 272 g/mol. The number of hydrogen-bond donors (Lipinski definition) is 2. The summed E-state index contributed by atoms with van der Waals surface area (Å²) in [5.41, 5.74) is -1.46. The van der Waals surface area contributed by atoms with E-state index in [1.54, 1.807) is 20.8 Å². The summed E-state index contributed by atoms with van der Waals surface area (Å²) in [5, 5.41) is 5.36. The third-order valence-electron chi connectivity index (χ3n) is 3.37. The van der Waals surface area contributed by atoms with Crippen LogP contribution in [0.3, 0.4) is 0 Å². The smallest absolute Gasteiger partial charge is 0.325 e. The lowest BCUT2D eigenvalue weighted by Gasteiger charge is -2.36. The molecule has 1 rings (SSSR count). The number of esters is 1. The van der Waals surface area contributed by atoms with Gasteiger partial charge >= 0.3 is 5.97 Å². The Hall–Kier alpha value is -1.59. The van der Waals surface area contributed by atoms with E-state index in [4.69, 9.17) is 4.74 Å². The monoisotopic (exact) mass is 298 g/mol. The molecule has 0 aromatic heterocycles. The Morgan fingerprint density at radius 3 is 2.14 bits per heavy atom. The van der Waals surface area contributed by atoms with E-state index >= 15 is 0 Å². The lowest BCUT2D eigenvalue weighted by atomic mass is 9.80. The molecule has 0 radical (unpaired) electrons. The summed E-state index contributed by atoms with van der Waals surface area (Å²) in [6.07, 6.45) is 4.04. The van der Waals surface area contributed by atoms with E-state index in [1.165, 1.54) is 6.92 Å². The summed E-state index contributed by atoms with van der Waals surface area (Å²) in [4.78, 5) is 35.4. The topological polar surface area (TPSA) is 84.5 Å². The Balaban J connectivity index is 2.61. The molecule has 0 aromatic carbocycles. The molecule has 1 saturated carbocycles. The van der Waals surface area contributed by atoms with Crippen LogP contribution in [-0.4, -0.2) is 35.5 Å². The van der Waals surface area contributed by atoms with Crippen molar-refractivity contribution in [3.8, 4) is 0 Å². The van der Waals surface area contributed by atoms with Crippen molar-refractivity contribution in [2.45, 2.75) is 70.9 Å². The predicted molar refractivity (Wildman–Crippen MR) is 78.5 cm³/mol. The summed E-state index contributed by atoms with van der Waals surface area (Å²) in [7, 11) is 0. The minimum atomic E-state index is -0.883. The van der Waals surface area contributed by atoms with Crippen LogP contribution < -0.4 is 10.6 Å². The fourth-order valence-electron chi connectivity index (χ4n) is 2.60. The molecule has 2 N–H and O–H groups in total. The van der Waals surface area contributed by atoms with Gasteiger partial charge in [-0.05, 0) is 33.6 Å². The quantitative estimate of drug-likeness (QED) is 0.766. The highest BCUT2D eigenvalue weighted by atomic mass is 16.6. The molecule has 2 amide bonds. The van der Waals surface area contributed by atoms with E-state index < -0.39 is 17.1 Å². The average Bonchev–Trinajstić information content (AvgIpc) is 2.34. The molecule has 120 valence electrons. The molecule has 21 heavy (non-hydrogen) atoms. The SMILES string of the molecule is CC(=O)NC1(C(=O)NCC(=O)OC(C)(C)C)CCCCC1. The van der Waals surface area contributed by atoms with E-state index in [0.29, 0.717) is 12.8 Å². The summed E-state index contributed by atoms with van der Waals surface area (Å²) in [6.45, 7) is 6.53. The highest BCUT2D eigenvalue weighted by Crippen LogP contribution is 2.28. The summed E-state index contributed by atoms with van der Waals surface area (Å²) in [6, 6.07) is 0. The number of carbonyl (C=O) groups excluding carboxylic acids is 3. The van der Waals surface area contributed by atoms with Crippen molar-refractivity contribution in [2.75, 3.05) is 6.54 Å². The molecule has 1 aliphatic carbocycles. The van der Waals surface area contributed by atoms with E-state index in [-0.39, 0.29) is 18.4 Å². The third kappa shape index (κ3) is 5.73. The Kier molecular flexibility index (Phi) is 5.75. The van der Waals surface area contributed by atoms with Gasteiger partial charge in [0, 0.05) is 6.92 Å². The predicted octanol–water partition coefficient (Wildman–Crippen LogP) is 1.28. The molecule has 0 heterocycles. The zero-order valence-corrected chi connectivity index (χ0v) is 13.4. The molecule has 0 saturated heterocycles. The van der Waals surface area contributed by atoms with E-state index in [9.17, 15) is 14.4 Å². The molecule has 0 unspecified atom stereocenters. The van der Waals surface area contributed by atoms with Crippen LogP contribution in [0.2, 0.25) is 0 Å². The normalized spacial score (nSPS) is 17.7. The number of carbonyl (C=O) groups is 3. The largest absolute Gasteiger partial charge is 0.459 e. The van der Waals surface area contributed by atoms with Crippen molar-refractivity contribution >= 4 is 17.8 Å². The van der Waals surface area contributed by atoms with Gasteiger partial charge in [0.05, 0.1) is 0 Å². The van der Waals surface area contributed by atoms with Gasteiger partial charge in [-0.15, -0.1) is 0 Å². The van der Waals surface area contributed by atoms with Crippen molar-refractivity contribution < 1.29 is 19.1 Å². The molecule has 0 atom stereocenters. The first kappa shape index (κ1) is 17.5. The van der Waals surface area contributed by atoms with Crippen molar-refractivity contribution in [3.05, 3.63) is 0 Å². The fraction of sp³-hybridized carbons (Fsp3) is 0.800. The van der Waals surface area contributed by atoms with E-state index in [1.807, 2.05) is 0 Å². The van der Waals surface area contributed by atoms with Crippen LogP contribution in [0.1, 0.15) is 59.8 Å². The second kappa shape index (κ2) is 6.91. The molecule has 0 aliphatic heterocycles. The summed E-state index contributed by atoms with van der Waals surface area (Å²) in [5.74, 6) is -1.02. The molecule has 0 bridgehead atoms. The van der Waals surface area contributed by atoms with Crippen LogP contribution in [0, 0.1) is 0 Å². The number of rotatable bonds is 4. The second-order valence-corrected chi connectivity index (χ2v) is 6.59. The molecule has 0 aromatic rings. The Bertz CT molecular complexity index is 406. The van der Waals surface area contributed by atoms with Gasteiger partial charge in [0.1, 0.15) is 17.7 Å². The van der Waals surface area contributed by atoms with Gasteiger partial charge in [-0.2, -0.15) is 0 Å². The molecule has 6 nitrogen and oxygen atoms in total. The minimum absolute atomic E-state index is 0.183. The number of amides is 2. The van der Waals surface area contributed by atoms with Gasteiger partial charge in [0.25, 0.3) is 0 Å². The van der Waals surface area contributed by atoms with Gasteiger partial charge in [-0.1, -0.05) is 19.3 Å². The Morgan fingerprint density at radius 2 is 1.67 bits per heavy atom. The first-order valence-electron chi connectivity index (χ1n) is 7.43. The van der Waals surface area contributed by atoms with Gasteiger partial charge < -0.3 is 15.4 Å². The highest BCUT2D eigenvalue weighted by Gasteiger charge is 2.40. The molecule has 1 aliphatic rings. The van der Waals surface area contributed by atoms with Gasteiger partial charge in [0.2, 0.25) is 11.8 Å². The lowest BCUT2D eigenvalue weighted by molar-refractivity contribution is -0.155. The zero-order valence-electron chi connectivity index (χ0n) is 13.4. The first-order valence-corrected chi connectivity index (χ1v) is 7.43. The third-order valence-corrected chi connectivity index (χ3v) is 3.37. The molecule has 0 spiro atoms.